The molecule has 28 heavy (non-hydrogen) atoms. The fraction of sp³-hybridized carbons (Fsp3) is 0.160. The second kappa shape index (κ2) is 15.2. The number of aryl methyl sites for hydroxylation is 1. The monoisotopic (exact) mass is 484 g/mol. The Morgan fingerprint density at radius 2 is 1.54 bits per heavy atom. The summed E-state index contributed by atoms with van der Waals surface area (Å²) in [4.78, 5) is 8.81. The Bertz CT molecular complexity index is 756. The van der Waals surface area contributed by atoms with Crippen LogP contribution in [0.2, 0.25) is 0 Å². The van der Waals surface area contributed by atoms with Crippen LogP contribution < -0.4 is 10.6 Å². The molecule has 152 valence electrons. The van der Waals surface area contributed by atoms with Crippen LogP contribution in [0.4, 0.5) is 0 Å². The average molecular weight is 485 g/mol. The second-order valence-electron chi connectivity index (χ2n) is 5.97. The third-order valence-electron chi connectivity index (χ3n) is 3.73. The average Bonchev–Trinajstić information content (AvgIpc) is 2.61. The first-order chi connectivity index (χ1) is 12.5. The van der Waals surface area contributed by atoms with E-state index in [4.69, 9.17) is 4.79 Å². The molecule has 2 rings (SSSR count). The van der Waals surface area contributed by atoms with E-state index in [0.29, 0.717) is 0 Å². The number of carbonyl (C=O) groups excluding carboxylic acids is 1. The smallest absolute Gasteiger partial charge is 0.358 e. The molecule has 0 saturated heterocycles. The molecule has 0 bridgehead atoms. The SMILES string of the molecule is C=C/C=C\C(=C(C)C)P(c1ccccc1[CH2-])c1ccccc1C.CC=O.[CH3-].[Pd+2]. The van der Waals surface area contributed by atoms with Gasteiger partial charge < -0.3 is 12.2 Å². The maximum absolute atomic E-state index is 8.81. The Hall–Kier alpha value is -1.71. The van der Waals surface area contributed by atoms with Gasteiger partial charge in [-0.25, -0.2) is 0 Å². The van der Waals surface area contributed by atoms with Crippen molar-refractivity contribution in [2.75, 3.05) is 0 Å². The molecular formula is C25H31OPPd. The number of aldehydes is 1. The molecule has 1 nitrogen and oxygen atoms in total. The topological polar surface area (TPSA) is 17.1 Å². The molecule has 3 heteroatoms. The fourth-order valence-electron chi connectivity index (χ4n) is 2.56. The zero-order chi connectivity index (χ0) is 19.5. The quantitative estimate of drug-likeness (QED) is 0.160. The van der Waals surface area contributed by atoms with Crippen LogP contribution in [-0.4, -0.2) is 6.29 Å². The minimum Gasteiger partial charge on any atom is -0.358 e. The van der Waals surface area contributed by atoms with Gasteiger partial charge in [0.15, 0.2) is 0 Å². The molecule has 0 radical (unpaired) electrons. The largest absolute Gasteiger partial charge is 2.00 e. The van der Waals surface area contributed by atoms with Crippen LogP contribution in [0.25, 0.3) is 0 Å². The van der Waals surface area contributed by atoms with E-state index in [2.05, 4.69) is 88.9 Å². The Morgan fingerprint density at radius 1 is 1.04 bits per heavy atom. The van der Waals surface area contributed by atoms with E-state index in [1.54, 1.807) is 0 Å². The van der Waals surface area contributed by atoms with Gasteiger partial charge in [0.2, 0.25) is 0 Å². The molecule has 0 heterocycles. The molecule has 0 spiro atoms. The van der Waals surface area contributed by atoms with Gasteiger partial charge in [-0.2, -0.15) is 18.6 Å². The summed E-state index contributed by atoms with van der Waals surface area (Å²) >= 11 is 0. The number of benzene rings is 2. The van der Waals surface area contributed by atoms with Crippen molar-refractivity contribution in [2.24, 2.45) is 0 Å². The molecule has 2 aromatic carbocycles. The van der Waals surface area contributed by atoms with Crippen molar-refractivity contribution in [2.45, 2.75) is 27.7 Å². The van der Waals surface area contributed by atoms with Gasteiger partial charge in [-0.15, -0.1) is 17.4 Å². The maximum atomic E-state index is 8.81. The van der Waals surface area contributed by atoms with Crippen molar-refractivity contribution < 1.29 is 25.2 Å². The summed E-state index contributed by atoms with van der Waals surface area (Å²) in [5, 5.41) is 4.08. The third kappa shape index (κ3) is 8.12. The van der Waals surface area contributed by atoms with Crippen LogP contribution in [0.5, 0.6) is 0 Å². The standard InChI is InChI=1S/C22H24P.C2H4O.CH3.Pd/c1-6-7-14-20(17(2)3)23(21-15-10-8-12-18(21)4)22-16-11-9-13-19(22)5;1-2-3;;/h6-16H,1,4H2,2-3,5H3;2H,1H3;1H3;/q-1;;-1;+2/b14-7-;;;. The van der Waals surface area contributed by atoms with Crippen molar-refractivity contribution >= 4 is 24.8 Å². The number of rotatable bonds is 5. The van der Waals surface area contributed by atoms with E-state index in [-0.39, 0.29) is 27.8 Å². The second-order valence-corrected chi connectivity index (χ2v) is 8.08. The van der Waals surface area contributed by atoms with Crippen molar-refractivity contribution in [3.63, 3.8) is 0 Å². The van der Waals surface area contributed by atoms with Gasteiger partial charge in [0.05, 0.1) is 0 Å². The molecule has 0 fully saturated rings. The van der Waals surface area contributed by atoms with Gasteiger partial charge in [-0.3, -0.25) is 0 Å². The zero-order valence-corrected chi connectivity index (χ0v) is 20.0. The molecular weight excluding hydrogens is 454 g/mol. The van der Waals surface area contributed by atoms with E-state index in [0.717, 1.165) is 11.8 Å². The molecule has 0 saturated carbocycles. The predicted octanol–water partition coefficient (Wildman–Crippen LogP) is 6.30. The van der Waals surface area contributed by atoms with E-state index < -0.39 is 7.92 Å². The van der Waals surface area contributed by atoms with Crippen LogP contribution in [-0.2, 0) is 25.2 Å². The van der Waals surface area contributed by atoms with Gasteiger partial charge in [0, 0.05) is 0 Å². The zero-order valence-electron chi connectivity index (χ0n) is 17.5. The molecule has 0 N–H and O–H groups in total. The Kier molecular flexibility index (Phi) is 15.5. The van der Waals surface area contributed by atoms with Crippen LogP contribution in [0.3, 0.4) is 0 Å². The van der Waals surface area contributed by atoms with Crippen LogP contribution >= 0.6 is 7.92 Å². The molecule has 0 aliphatic carbocycles. The van der Waals surface area contributed by atoms with Crippen LogP contribution in [0.15, 0.2) is 84.2 Å². The van der Waals surface area contributed by atoms with Crippen molar-refractivity contribution in [1.82, 2.24) is 0 Å². The summed E-state index contributed by atoms with van der Waals surface area (Å²) in [5.41, 5.74) is 3.76. The van der Waals surface area contributed by atoms with Gasteiger partial charge in [0.1, 0.15) is 6.29 Å². The molecule has 0 aliphatic heterocycles. The summed E-state index contributed by atoms with van der Waals surface area (Å²) in [7, 11) is -0.624. The van der Waals surface area contributed by atoms with Gasteiger partial charge >= 0.3 is 20.4 Å². The van der Waals surface area contributed by atoms with Gasteiger partial charge in [-0.1, -0.05) is 68.6 Å². The van der Waals surface area contributed by atoms with E-state index >= 15 is 0 Å². The fourth-order valence-corrected chi connectivity index (χ4v) is 5.28. The Balaban J connectivity index is 0. The Morgan fingerprint density at radius 3 is 2.00 bits per heavy atom. The van der Waals surface area contributed by atoms with E-state index in [9.17, 15) is 0 Å². The normalized spacial score (nSPS) is 10.4. The minimum absolute atomic E-state index is 0. The predicted molar refractivity (Wildman–Crippen MR) is 124 cm³/mol. The first-order valence-electron chi connectivity index (χ1n) is 8.61. The molecule has 0 aromatic heterocycles. The minimum atomic E-state index is -0.624. The summed E-state index contributed by atoms with van der Waals surface area (Å²) in [6.45, 7) is 16.1. The molecule has 1 unspecified atom stereocenters. The third-order valence-corrected chi connectivity index (χ3v) is 6.71. The number of hydrogen-bond acceptors (Lipinski definition) is 1. The number of hydrogen-bond donors (Lipinski definition) is 0. The van der Waals surface area contributed by atoms with Crippen molar-refractivity contribution in [3.8, 4) is 0 Å². The van der Waals surface area contributed by atoms with Gasteiger partial charge in [-0.05, 0) is 43.9 Å². The molecule has 1 atom stereocenters. The number of allylic oxidation sites excluding steroid dienone is 5. The maximum Gasteiger partial charge on any atom is 2.00 e. The first kappa shape index (κ1) is 28.5. The Labute approximate surface area is 187 Å². The van der Waals surface area contributed by atoms with Crippen LogP contribution in [0.1, 0.15) is 31.9 Å². The summed E-state index contributed by atoms with van der Waals surface area (Å²) in [6, 6.07) is 17.1. The van der Waals surface area contributed by atoms with Crippen molar-refractivity contribution in [3.05, 3.63) is 110 Å². The van der Waals surface area contributed by atoms with Crippen molar-refractivity contribution in [1.29, 1.82) is 0 Å². The van der Waals surface area contributed by atoms with Crippen LogP contribution in [0, 0.1) is 21.3 Å². The molecule has 0 aliphatic rings. The molecule has 0 amide bonds. The van der Waals surface area contributed by atoms with E-state index in [1.807, 2.05) is 12.2 Å². The summed E-state index contributed by atoms with van der Waals surface area (Å²) < 4.78 is 0. The first-order valence-corrected chi connectivity index (χ1v) is 9.95. The number of carbonyl (C=O) groups is 1. The summed E-state index contributed by atoms with van der Waals surface area (Å²) in [6.07, 6.45) is 6.82. The summed E-state index contributed by atoms with van der Waals surface area (Å²) in [5.74, 6) is 0. The van der Waals surface area contributed by atoms with Gasteiger partial charge in [0.25, 0.3) is 0 Å². The molecule has 2 aromatic rings. The van der Waals surface area contributed by atoms with E-state index in [1.165, 1.54) is 34.0 Å².